The second-order valence-electron chi connectivity index (χ2n) is 4.94. The number of nitrogens with two attached hydrogens (primary N) is 1. The average molecular weight is 350 g/mol. The van der Waals surface area contributed by atoms with Gasteiger partial charge >= 0.3 is 0 Å². The summed E-state index contributed by atoms with van der Waals surface area (Å²) >= 11 is 0. The van der Waals surface area contributed by atoms with E-state index < -0.39 is 20.9 Å². The highest BCUT2D eigenvalue weighted by Crippen LogP contribution is 2.23. The Hall–Kier alpha value is -3.14. The summed E-state index contributed by atoms with van der Waals surface area (Å²) in [6.07, 6.45) is 1.01. The minimum Gasteiger partial charge on any atom is -0.393 e. The molecule has 2 aromatic rings. The number of rotatable bonds is 5. The van der Waals surface area contributed by atoms with Crippen LogP contribution in [0.2, 0.25) is 0 Å². The maximum atomic E-state index is 12.2. The van der Waals surface area contributed by atoms with Gasteiger partial charge in [0.15, 0.2) is 0 Å². The van der Waals surface area contributed by atoms with Crippen LogP contribution in [0.3, 0.4) is 0 Å². The summed E-state index contributed by atoms with van der Waals surface area (Å²) in [5.41, 5.74) is 5.73. The molecule has 0 aliphatic carbocycles. The molecule has 126 valence electrons. The molecule has 0 aromatic heterocycles. The first-order chi connectivity index (χ1) is 11.2. The summed E-state index contributed by atoms with van der Waals surface area (Å²) in [4.78, 5) is 22.4. The number of nitrogens with zero attached hydrogens (tertiary/aromatic N) is 1. The van der Waals surface area contributed by atoms with E-state index in [1.165, 1.54) is 24.3 Å². The molecule has 0 radical (unpaired) electrons. The molecule has 0 atom stereocenters. The molecule has 0 aliphatic rings. The number of anilines is 3. The number of carbonyl (C=O) groups excluding carboxylic acids is 1. The Morgan fingerprint density at radius 2 is 1.83 bits per heavy atom. The van der Waals surface area contributed by atoms with Gasteiger partial charge in [0.25, 0.3) is 11.6 Å². The van der Waals surface area contributed by atoms with Crippen LogP contribution in [0.5, 0.6) is 0 Å². The van der Waals surface area contributed by atoms with Crippen LogP contribution in [0.1, 0.15) is 10.4 Å². The molecule has 0 unspecified atom stereocenters. The Bertz CT molecular complexity index is 911. The second-order valence-corrected chi connectivity index (χ2v) is 6.69. The van der Waals surface area contributed by atoms with Crippen molar-refractivity contribution in [2.75, 3.05) is 22.0 Å². The third-order valence-electron chi connectivity index (χ3n) is 2.91. The van der Waals surface area contributed by atoms with Crippen molar-refractivity contribution in [2.45, 2.75) is 0 Å². The first-order valence-electron chi connectivity index (χ1n) is 6.59. The van der Waals surface area contributed by atoms with Crippen molar-refractivity contribution in [1.29, 1.82) is 0 Å². The van der Waals surface area contributed by atoms with Crippen LogP contribution in [0.15, 0.2) is 42.5 Å². The Morgan fingerprint density at radius 1 is 1.17 bits per heavy atom. The molecule has 0 heterocycles. The number of hydrogen-bond acceptors (Lipinski definition) is 6. The third-order valence-corrected chi connectivity index (χ3v) is 3.52. The fourth-order valence-electron chi connectivity index (χ4n) is 1.92. The van der Waals surface area contributed by atoms with Gasteiger partial charge in [-0.1, -0.05) is 6.07 Å². The predicted octanol–water partition coefficient (Wildman–Crippen LogP) is 1.80. The van der Waals surface area contributed by atoms with E-state index in [4.69, 9.17) is 5.73 Å². The van der Waals surface area contributed by atoms with Crippen LogP contribution >= 0.6 is 0 Å². The minimum atomic E-state index is -3.45. The van der Waals surface area contributed by atoms with Crippen LogP contribution in [-0.4, -0.2) is 25.5 Å². The maximum Gasteiger partial charge on any atom is 0.292 e. The lowest BCUT2D eigenvalue weighted by molar-refractivity contribution is -0.383. The van der Waals surface area contributed by atoms with E-state index in [1.54, 1.807) is 12.1 Å². The van der Waals surface area contributed by atoms with Gasteiger partial charge in [-0.05, 0) is 30.3 Å². The summed E-state index contributed by atoms with van der Waals surface area (Å²) in [7, 11) is -3.45. The lowest BCUT2D eigenvalue weighted by atomic mass is 10.1. The maximum absolute atomic E-state index is 12.2. The Balaban J connectivity index is 2.23. The topological polar surface area (TPSA) is 144 Å². The van der Waals surface area contributed by atoms with Gasteiger partial charge in [-0.2, -0.15) is 0 Å². The van der Waals surface area contributed by atoms with Crippen LogP contribution in [-0.2, 0) is 10.0 Å². The van der Waals surface area contributed by atoms with E-state index in [0.717, 1.165) is 12.3 Å². The lowest BCUT2D eigenvalue weighted by Crippen LogP contribution is -2.13. The number of nitrogen functional groups attached to an aromatic ring is 1. The van der Waals surface area contributed by atoms with Crippen molar-refractivity contribution < 1.29 is 18.1 Å². The lowest BCUT2D eigenvalue weighted by Gasteiger charge is -2.09. The number of hydrogen-bond donors (Lipinski definition) is 3. The molecule has 10 heteroatoms. The number of amides is 1. The Morgan fingerprint density at radius 3 is 2.46 bits per heavy atom. The standard InChI is InChI=1S/C14H14N4O5S/c1-24(22,23)17-11-4-2-3-10(8-11)16-14(19)9-5-6-12(15)13(7-9)18(20)21/h2-8,17H,15H2,1H3,(H,16,19). The van der Waals surface area contributed by atoms with Gasteiger partial charge in [0, 0.05) is 17.3 Å². The summed E-state index contributed by atoms with van der Waals surface area (Å²) in [6.45, 7) is 0. The minimum absolute atomic E-state index is 0.0455. The van der Waals surface area contributed by atoms with Gasteiger partial charge in [0.05, 0.1) is 16.9 Å². The van der Waals surface area contributed by atoms with Gasteiger partial charge in [-0.15, -0.1) is 0 Å². The summed E-state index contributed by atoms with van der Waals surface area (Å²) < 4.78 is 24.7. The average Bonchev–Trinajstić information content (AvgIpc) is 2.45. The number of benzene rings is 2. The van der Waals surface area contributed by atoms with E-state index >= 15 is 0 Å². The third kappa shape index (κ3) is 4.43. The summed E-state index contributed by atoms with van der Waals surface area (Å²) in [5, 5.41) is 13.4. The first kappa shape index (κ1) is 17.2. The van der Waals surface area contributed by atoms with E-state index in [9.17, 15) is 23.3 Å². The number of nitrogens with one attached hydrogen (secondary N) is 2. The molecule has 0 fully saturated rings. The van der Waals surface area contributed by atoms with E-state index in [2.05, 4.69) is 10.0 Å². The molecule has 0 saturated carbocycles. The van der Waals surface area contributed by atoms with Crippen LogP contribution < -0.4 is 15.8 Å². The van der Waals surface area contributed by atoms with E-state index in [-0.39, 0.29) is 22.6 Å². The summed E-state index contributed by atoms with van der Waals surface area (Å²) in [5.74, 6) is -0.588. The molecule has 2 rings (SSSR count). The molecule has 0 bridgehead atoms. The Kier molecular flexibility index (Phi) is 4.69. The van der Waals surface area contributed by atoms with Crippen LogP contribution in [0.4, 0.5) is 22.7 Å². The highest BCUT2D eigenvalue weighted by atomic mass is 32.2. The zero-order chi connectivity index (χ0) is 17.9. The molecule has 0 saturated heterocycles. The van der Waals surface area contributed by atoms with Crippen molar-refractivity contribution in [3.63, 3.8) is 0 Å². The fourth-order valence-corrected chi connectivity index (χ4v) is 2.48. The quantitative estimate of drug-likeness (QED) is 0.426. The smallest absolute Gasteiger partial charge is 0.292 e. The van der Waals surface area contributed by atoms with Gasteiger partial charge < -0.3 is 11.1 Å². The van der Waals surface area contributed by atoms with Crippen molar-refractivity contribution in [3.8, 4) is 0 Å². The molecular formula is C14H14N4O5S. The van der Waals surface area contributed by atoms with Crippen molar-refractivity contribution in [1.82, 2.24) is 0 Å². The predicted molar refractivity (Wildman–Crippen MR) is 90.4 cm³/mol. The normalized spacial score (nSPS) is 10.9. The largest absolute Gasteiger partial charge is 0.393 e. The van der Waals surface area contributed by atoms with Crippen LogP contribution in [0, 0.1) is 10.1 Å². The number of sulfonamides is 1. The molecule has 9 nitrogen and oxygen atoms in total. The van der Waals surface area contributed by atoms with E-state index in [0.29, 0.717) is 5.69 Å². The molecular weight excluding hydrogens is 336 g/mol. The Labute approximate surface area is 137 Å². The monoisotopic (exact) mass is 350 g/mol. The van der Waals surface area contributed by atoms with Gasteiger partial charge in [-0.25, -0.2) is 8.42 Å². The fraction of sp³-hybridized carbons (Fsp3) is 0.0714. The molecule has 1 amide bonds. The number of nitro groups is 1. The highest BCUT2D eigenvalue weighted by molar-refractivity contribution is 7.92. The highest BCUT2D eigenvalue weighted by Gasteiger charge is 2.16. The first-order valence-corrected chi connectivity index (χ1v) is 8.48. The van der Waals surface area contributed by atoms with Crippen molar-refractivity contribution >= 4 is 38.7 Å². The van der Waals surface area contributed by atoms with Crippen molar-refractivity contribution in [2.24, 2.45) is 0 Å². The zero-order valence-electron chi connectivity index (χ0n) is 12.5. The summed E-state index contributed by atoms with van der Waals surface area (Å²) in [6, 6.07) is 9.75. The number of carbonyl (C=O) groups is 1. The number of nitro benzene ring substituents is 1. The van der Waals surface area contributed by atoms with Crippen LogP contribution in [0.25, 0.3) is 0 Å². The van der Waals surface area contributed by atoms with Gasteiger partial charge in [0.2, 0.25) is 10.0 Å². The van der Waals surface area contributed by atoms with Crippen molar-refractivity contribution in [3.05, 3.63) is 58.1 Å². The molecule has 2 aromatic carbocycles. The molecule has 24 heavy (non-hydrogen) atoms. The molecule has 4 N–H and O–H groups in total. The molecule has 0 aliphatic heterocycles. The zero-order valence-corrected chi connectivity index (χ0v) is 13.3. The van der Waals surface area contributed by atoms with Gasteiger partial charge in [-0.3, -0.25) is 19.6 Å². The second kappa shape index (κ2) is 6.54. The van der Waals surface area contributed by atoms with Gasteiger partial charge in [0.1, 0.15) is 5.69 Å². The van der Waals surface area contributed by atoms with E-state index in [1.807, 2.05) is 0 Å². The molecule has 0 spiro atoms. The SMILES string of the molecule is CS(=O)(=O)Nc1cccc(NC(=O)c2ccc(N)c([N+](=O)[O-])c2)c1.